The quantitative estimate of drug-likeness (QED) is 0.643. The minimum absolute atomic E-state index is 0.0687. The molecular formula is C21H27NO3S. The van der Waals surface area contributed by atoms with Crippen molar-refractivity contribution in [1.29, 1.82) is 0 Å². The Kier molecular flexibility index (Phi) is 8.04. The molecule has 4 nitrogen and oxygen atoms in total. The first-order valence-corrected chi connectivity index (χ1v) is 9.51. The van der Waals surface area contributed by atoms with Crippen LogP contribution in [0, 0.1) is 6.92 Å². The number of hydrogen-bond acceptors (Lipinski definition) is 5. The van der Waals surface area contributed by atoms with Crippen molar-refractivity contribution in [2.45, 2.75) is 39.9 Å². The van der Waals surface area contributed by atoms with Crippen LogP contribution in [0.5, 0.6) is 5.75 Å². The third kappa shape index (κ3) is 6.41. The van der Waals surface area contributed by atoms with Gasteiger partial charge in [-0.15, -0.1) is 11.3 Å². The van der Waals surface area contributed by atoms with Crippen molar-refractivity contribution in [2.24, 2.45) is 0 Å². The molecule has 1 heterocycles. The van der Waals surface area contributed by atoms with E-state index in [1.807, 2.05) is 49.6 Å². The molecule has 26 heavy (non-hydrogen) atoms. The molecule has 0 saturated heterocycles. The van der Waals surface area contributed by atoms with Crippen molar-refractivity contribution in [3.05, 3.63) is 63.1 Å². The highest BCUT2D eigenvalue weighted by Crippen LogP contribution is 2.20. The predicted molar refractivity (Wildman–Crippen MR) is 108 cm³/mol. The summed E-state index contributed by atoms with van der Waals surface area (Å²) >= 11 is 1.64. The van der Waals surface area contributed by atoms with E-state index < -0.39 is 0 Å². The van der Waals surface area contributed by atoms with Gasteiger partial charge in [0, 0.05) is 5.38 Å². The van der Waals surface area contributed by atoms with Crippen molar-refractivity contribution in [3.8, 4) is 5.75 Å². The number of benzene rings is 1. The molecule has 1 atom stereocenters. The van der Waals surface area contributed by atoms with E-state index in [9.17, 15) is 5.11 Å². The molecule has 0 bridgehead atoms. The van der Waals surface area contributed by atoms with Gasteiger partial charge in [-0.1, -0.05) is 23.8 Å². The zero-order chi connectivity index (χ0) is 18.9. The molecule has 0 amide bonds. The van der Waals surface area contributed by atoms with Crippen LogP contribution in [0.4, 0.5) is 0 Å². The van der Waals surface area contributed by atoms with E-state index in [1.54, 1.807) is 18.4 Å². The zero-order valence-corrected chi connectivity index (χ0v) is 16.7. The van der Waals surface area contributed by atoms with Gasteiger partial charge in [-0.05, 0) is 56.5 Å². The topological polar surface area (TPSA) is 51.6 Å². The Morgan fingerprint density at radius 1 is 1.27 bits per heavy atom. The fourth-order valence-electron chi connectivity index (χ4n) is 2.45. The number of aliphatic hydroxyl groups excluding tert-OH is 1. The number of methoxy groups -OCH3 is 1. The van der Waals surface area contributed by atoms with Gasteiger partial charge in [0.2, 0.25) is 0 Å². The number of ether oxygens (including phenoxy) is 2. The lowest BCUT2D eigenvalue weighted by molar-refractivity contribution is 0.0668. The minimum Gasteiger partial charge on any atom is -0.497 e. The SMILES string of the molecule is COc1ccc(CO[C@@H](C/C=C(/C)CO)/C(C)=C/c2csc(C)n2)cc1. The Hall–Kier alpha value is -1.95. The summed E-state index contributed by atoms with van der Waals surface area (Å²) in [5, 5.41) is 12.3. The smallest absolute Gasteiger partial charge is 0.118 e. The third-order valence-electron chi connectivity index (χ3n) is 4.06. The first-order valence-electron chi connectivity index (χ1n) is 8.63. The molecule has 0 fully saturated rings. The summed E-state index contributed by atoms with van der Waals surface area (Å²) in [5.74, 6) is 0.835. The molecule has 2 aromatic rings. The van der Waals surface area contributed by atoms with Gasteiger partial charge in [-0.3, -0.25) is 0 Å². The Morgan fingerprint density at radius 3 is 2.58 bits per heavy atom. The maximum Gasteiger partial charge on any atom is 0.118 e. The summed E-state index contributed by atoms with van der Waals surface area (Å²) in [6.45, 7) is 6.57. The van der Waals surface area contributed by atoms with E-state index in [0.29, 0.717) is 13.0 Å². The number of aliphatic hydroxyl groups is 1. The lowest BCUT2D eigenvalue weighted by Gasteiger charge is -2.18. The van der Waals surface area contributed by atoms with Crippen LogP contribution in [0.1, 0.15) is 36.5 Å². The number of nitrogens with zero attached hydrogens (tertiary/aromatic N) is 1. The van der Waals surface area contributed by atoms with E-state index >= 15 is 0 Å². The molecule has 140 valence electrons. The Balaban J connectivity index is 2.10. The second-order valence-electron chi connectivity index (χ2n) is 6.27. The van der Waals surface area contributed by atoms with Crippen molar-refractivity contribution in [3.63, 3.8) is 0 Å². The van der Waals surface area contributed by atoms with Crippen LogP contribution in [0.15, 0.2) is 46.9 Å². The van der Waals surface area contributed by atoms with Crippen molar-refractivity contribution < 1.29 is 14.6 Å². The first kappa shape index (κ1) is 20.4. The molecule has 1 aromatic carbocycles. The van der Waals surface area contributed by atoms with Crippen molar-refractivity contribution in [2.75, 3.05) is 13.7 Å². The van der Waals surface area contributed by atoms with E-state index in [-0.39, 0.29) is 12.7 Å². The molecule has 0 aliphatic rings. The fraction of sp³-hybridized carbons (Fsp3) is 0.381. The summed E-state index contributed by atoms with van der Waals surface area (Å²) in [5.41, 5.74) is 4.12. The molecule has 0 spiro atoms. The number of thiazole rings is 1. The summed E-state index contributed by atoms with van der Waals surface area (Å²) in [6.07, 6.45) is 4.75. The van der Waals surface area contributed by atoms with Gasteiger partial charge in [0.1, 0.15) is 5.75 Å². The molecule has 1 aromatic heterocycles. The summed E-state index contributed by atoms with van der Waals surface area (Å²) in [7, 11) is 1.66. The summed E-state index contributed by atoms with van der Waals surface area (Å²) < 4.78 is 11.4. The lowest BCUT2D eigenvalue weighted by Crippen LogP contribution is -2.14. The van der Waals surface area contributed by atoms with Crippen LogP contribution in [0.3, 0.4) is 0 Å². The van der Waals surface area contributed by atoms with Crippen LogP contribution in [0.25, 0.3) is 6.08 Å². The summed E-state index contributed by atoms with van der Waals surface area (Å²) in [4.78, 5) is 4.50. The van der Waals surface area contributed by atoms with Gasteiger partial charge in [-0.2, -0.15) is 0 Å². The molecule has 0 aliphatic heterocycles. The number of aromatic nitrogens is 1. The summed E-state index contributed by atoms with van der Waals surface area (Å²) in [6, 6.07) is 7.88. The second kappa shape index (κ2) is 10.3. The zero-order valence-electron chi connectivity index (χ0n) is 15.9. The van der Waals surface area contributed by atoms with Gasteiger partial charge in [0.05, 0.1) is 37.1 Å². The Labute approximate surface area is 159 Å². The second-order valence-corrected chi connectivity index (χ2v) is 7.33. The third-order valence-corrected chi connectivity index (χ3v) is 4.85. The monoisotopic (exact) mass is 373 g/mol. The van der Waals surface area contributed by atoms with Crippen LogP contribution >= 0.6 is 11.3 Å². The molecule has 5 heteroatoms. The van der Waals surface area contributed by atoms with Crippen LogP contribution < -0.4 is 4.74 Å². The maximum absolute atomic E-state index is 9.24. The first-order chi connectivity index (χ1) is 12.5. The van der Waals surface area contributed by atoms with E-state index in [4.69, 9.17) is 9.47 Å². The van der Waals surface area contributed by atoms with Crippen LogP contribution in [0.2, 0.25) is 0 Å². The van der Waals surface area contributed by atoms with Crippen molar-refractivity contribution >= 4 is 17.4 Å². The van der Waals surface area contributed by atoms with E-state index in [2.05, 4.69) is 18.0 Å². The largest absolute Gasteiger partial charge is 0.497 e. The highest BCUT2D eigenvalue weighted by atomic mass is 32.1. The van der Waals surface area contributed by atoms with Crippen LogP contribution in [-0.2, 0) is 11.3 Å². The normalized spacial score (nSPS) is 13.7. The molecule has 0 aliphatic carbocycles. The molecule has 1 N–H and O–H groups in total. The minimum atomic E-state index is -0.0689. The van der Waals surface area contributed by atoms with E-state index in [0.717, 1.165) is 33.2 Å². The standard InChI is InChI=1S/C21H27NO3S/c1-15(12-23)5-10-21(16(2)11-19-14-26-17(3)22-19)25-13-18-6-8-20(24-4)9-7-18/h5-9,11,14,21,23H,10,12-13H2,1-4H3/b15-5-,16-11+/t21-/m0/s1. The van der Waals surface area contributed by atoms with E-state index in [1.165, 1.54) is 0 Å². The van der Waals surface area contributed by atoms with Gasteiger partial charge in [-0.25, -0.2) is 4.98 Å². The van der Waals surface area contributed by atoms with Gasteiger partial charge in [0.15, 0.2) is 0 Å². The molecular weight excluding hydrogens is 346 g/mol. The number of rotatable bonds is 9. The van der Waals surface area contributed by atoms with Gasteiger partial charge >= 0.3 is 0 Å². The predicted octanol–water partition coefficient (Wildman–Crippen LogP) is 4.78. The number of hydrogen-bond donors (Lipinski definition) is 1. The molecule has 0 unspecified atom stereocenters. The van der Waals surface area contributed by atoms with Gasteiger partial charge < -0.3 is 14.6 Å². The lowest BCUT2D eigenvalue weighted by atomic mass is 10.1. The average Bonchev–Trinajstić information content (AvgIpc) is 3.06. The average molecular weight is 374 g/mol. The van der Waals surface area contributed by atoms with Crippen molar-refractivity contribution in [1.82, 2.24) is 4.98 Å². The van der Waals surface area contributed by atoms with Crippen LogP contribution in [-0.4, -0.2) is 29.9 Å². The number of aryl methyl sites for hydroxylation is 1. The molecule has 0 radical (unpaired) electrons. The molecule has 0 saturated carbocycles. The highest BCUT2D eigenvalue weighted by molar-refractivity contribution is 7.09. The highest BCUT2D eigenvalue weighted by Gasteiger charge is 2.12. The fourth-order valence-corrected chi connectivity index (χ4v) is 3.02. The maximum atomic E-state index is 9.24. The Bertz CT molecular complexity index is 747. The Morgan fingerprint density at radius 2 is 2.00 bits per heavy atom. The molecule has 2 rings (SSSR count). The van der Waals surface area contributed by atoms with Gasteiger partial charge in [0.25, 0.3) is 0 Å².